The standard InChI is InChI=1S/C24H27BrN2O3/c1-5-29-22-14-23-20(21(15-30-23)17-7-6-8-18(25)12-17)13-19(22)16(2)11-24(28)26-9-10-27(3)4/h6-8,11-15H,5,9-10H2,1-4H3,(H,26,28)/b16-11+. The highest BCUT2D eigenvalue weighted by Crippen LogP contribution is 2.38. The van der Waals surface area contributed by atoms with Gasteiger partial charge in [0.25, 0.3) is 0 Å². The largest absolute Gasteiger partial charge is 0.493 e. The second kappa shape index (κ2) is 9.96. The topological polar surface area (TPSA) is 54.7 Å². The minimum absolute atomic E-state index is 0.115. The molecule has 0 fully saturated rings. The predicted octanol–water partition coefficient (Wildman–Crippen LogP) is 5.34. The highest BCUT2D eigenvalue weighted by atomic mass is 79.9. The lowest BCUT2D eigenvalue weighted by Crippen LogP contribution is -2.30. The Morgan fingerprint density at radius 2 is 2.07 bits per heavy atom. The van der Waals surface area contributed by atoms with Crippen molar-refractivity contribution in [3.8, 4) is 16.9 Å². The van der Waals surface area contributed by atoms with E-state index in [1.807, 2.05) is 63.2 Å². The van der Waals surface area contributed by atoms with Gasteiger partial charge in [-0.05, 0) is 57.3 Å². The van der Waals surface area contributed by atoms with Crippen LogP contribution in [-0.4, -0.2) is 44.6 Å². The number of rotatable bonds is 8. The molecule has 0 bridgehead atoms. The van der Waals surface area contributed by atoms with Gasteiger partial charge in [0, 0.05) is 46.2 Å². The molecular weight excluding hydrogens is 444 g/mol. The molecule has 3 aromatic rings. The van der Waals surface area contributed by atoms with Crippen molar-refractivity contribution in [2.24, 2.45) is 0 Å². The number of amides is 1. The van der Waals surface area contributed by atoms with Crippen molar-refractivity contribution in [1.29, 1.82) is 0 Å². The Hall–Kier alpha value is -2.57. The SMILES string of the molecule is CCOc1cc2occ(-c3cccc(Br)c3)c2cc1/C(C)=C/C(=O)NCCN(C)C. The molecule has 0 unspecified atom stereocenters. The quantitative estimate of drug-likeness (QED) is 0.451. The fraction of sp³-hybridized carbons (Fsp3) is 0.292. The predicted molar refractivity (Wildman–Crippen MR) is 126 cm³/mol. The van der Waals surface area contributed by atoms with Crippen LogP contribution in [0, 0.1) is 0 Å². The molecule has 1 heterocycles. The fourth-order valence-corrected chi connectivity index (χ4v) is 3.65. The van der Waals surface area contributed by atoms with Gasteiger partial charge in [0.15, 0.2) is 0 Å². The van der Waals surface area contributed by atoms with Crippen LogP contribution in [0.25, 0.3) is 27.7 Å². The molecule has 2 aromatic carbocycles. The third kappa shape index (κ3) is 5.32. The summed E-state index contributed by atoms with van der Waals surface area (Å²) in [4.78, 5) is 14.4. The zero-order valence-corrected chi connectivity index (χ0v) is 19.4. The van der Waals surface area contributed by atoms with Crippen LogP contribution in [0.4, 0.5) is 0 Å². The van der Waals surface area contributed by atoms with Crippen LogP contribution >= 0.6 is 15.9 Å². The van der Waals surface area contributed by atoms with Crippen molar-refractivity contribution in [2.45, 2.75) is 13.8 Å². The number of furan rings is 1. The first-order chi connectivity index (χ1) is 14.4. The van der Waals surface area contributed by atoms with Crippen LogP contribution in [0.5, 0.6) is 5.75 Å². The van der Waals surface area contributed by atoms with E-state index in [0.717, 1.165) is 44.3 Å². The number of halogens is 1. The number of benzene rings is 2. The van der Waals surface area contributed by atoms with E-state index in [4.69, 9.17) is 9.15 Å². The first-order valence-corrected chi connectivity index (χ1v) is 10.7. The van der Waals surface area contributed by atoms with Gasteiger partial charge in [-0.2, -0.15) is 0 Å². The number of hydrogen-bond donors (Lipinski definition) is 1. The minimum atomic E-state index is -0.115. The van der Waals surface area contributed by atoms with Crippen LogP contribution in [0.2, 0.25) is 0 Å². The van der Waals surface area contributed by atoms with E-state index < -0.39 is 0 Å². The Bertz CT molecular complexity index is 1070. The summed E-state index contributed by atoms with van der Waals surface area (Å²) in [6.45, 7) is 5.78. The van der Waals surface area contributed by atoms with E-state index >= 15 is 0 Å². The summed E-state index contributed by atoms with van der Waals surface area (Å²) in [5.74, 6) is 0.589. The molecule has 6 heteroatoms. The lowest BCUT2D eigenvalue weighted by molar-refractivity contribution is -0.116. The molecule has 1 N–H and O–H groups in total. The lowest BCUT2D eigenvalue weighted by atomic mass is 9.99. The summed E-state index contributed by atoms with van der Waals surface area (Å²) < 4.78 is 12.7. The van der Waals surface area contributed by atoms with E-state index in [1.165, 1.54) is 0 Å². The first kappa shape index (κ1) is 22.1. The van der Waals surface area contributed by atoms with Crippen LogP contribution in [0.3, 0.4) is 0 Å². The number of hydrogen-bond acceptors (Lipinski definition) is 4. The Kier molecular flexibility index (Phi) is 7.34. The Morgan fingerprint density at radius 1 is 1.27 bits per heavy atom. The van der Waals surface area contributed by atoms with Crippen LogP contribution in [0.15, 0.2) is 57.6 Å². The number of likely N-dealkylation sites (N-methyl/N-ethyl adjacent to an activating group) is 1. The summed E-state index contributed by atoms with van der Waals surface area (Å²) >= 11 is 3.53. The summed E-state index contributed by atoms with van der Waals surface area (Å²) in [5, 5.41) is 3.90. The molecule has 0 radical (unpaired) electrons. The number of nitrogens with zero attached hydrogens (tertiary/aromatic N) is 1. The molecule has 1 amide bonds. The average Bonchev–Trinajstić information content (AvgIpc) is 3.10. The van der Waals surface area contributed by atoms with E-state index in [2.05, 4.69) is 27.3 Å². The molecule has 0 saturated heterocycles. The zero-order chi connectivity index (χ0) is 21.7. The molecule has 30 heavy (non-hydrogen) atoms. The van der Waals surface area contributed by atoms with Crippen molar-refractivity contribution in [2.75, 3.05) is 33.8 Å². The Balaban J connectivity index is 1.99. The van der Waals surface area contributed by atoms with Crippen molar-refractivity contribution in [3.05, 3.63) is 58.8 Å². The minimum Gasteiger partial charge on any atom is -0.493 e. The lowest BCUT2D eigenvalue weighted by Gasteiger charge is -2.12. The molecule has 0 aliphatic rings. The Labute approximate surface area is 185 Å². The summed E-state index contributed by atoms with van der Waals surface area (Å²) in [6.07, 6.45) is 3.39. The fourth-order valence-electron chi connectivity index (χ4n) is 3.25. The molecule has 0 spiro atoms. The molecular formula is C24H27BrN2O3. The van der Waals surface area contributed by atoms with Gasteiger partial charge in [0.2, 0.25) is 5.91 Å². The summed E-state index contributed by atoms with van der Waals surface area (Å²) in [5.41, 5.74) is 4.52. The van der Waals surface area contributed by atoms with Gasteiger partial charge in [-0.1, -0.05) is 28.1 Å². The van der Waals surface area contributed by atoms with E-state index in [1.54, 1.807) is 12.3 Å². The van der Waals surface area contributed by atoms with Crippen molar-refractivity contribution >= 4 is 38.4 Å². The third-order valence-electron chi connectivity index (χ3n) is 4.74. The normalized spacial score (nSPS) is 11.9. The van der Waals surface area contributed by atoms with Gasteiger partial charge in [0.1, 0.15) is 11.3 Å². The van der Waals surface area contributed by atoms with Gasteiger partial charge in [-0.25, -0.2) is 0 Å². The summed E-state index contributed by atoms with van der Waals surface area (Å²) in [7, 11) is 3.95. The number of carbonyl (C=O) groups is 1. The molecule has 1 aromatic heterocycles. The Morgan fingerprint density at radius 3 is 2.77 bits per heavy atom. The van der Waals surface area contributed by atoms with E-state index in [-0.39, 0.29) is 5.91 Å². The molecule has 3 rings (SSSR count). The highest BCUT2D eigenvalue weighted by molar-refractivity contribution is 9.10. The van der Waals surface area contributed by atoms with Crippen molar-refractivity contribution in [1.82, 2.24) is 10.2 Å². The second-order valence-corrected chi connectivity index (χ2v) is 8.27. The number of fused-ring (bicyclic) bond motifs is 1. The number of ether oxygens (including phenoxy) is 1. The number of carbonyl (C=O) groups excluding carboxylic acids is 1. The summed E-state index contributed by atoms with van der Waals surface area (Å²) in [6, 6.07) is 12.0. The number of allylic oxidation sites excluding steroid dienone is 1. The van der Waals surface area contributed by atoms with E-state index in [0.29, 0.717) is 18.9 Å². The maximum atomic E-state index is 12.3. The zero-order valence-electron chi connectivity index (χ0n) is 17.8. The molecule has 0 atom stereocenters. The average molecular weight is 471 g/mol. The molecule has 5 nitrogen and oxygen atoms in total. The molecule has 0 aliphatic heterocycles. The van der Waals surface area contributed by atoms with Gasteiger partial charge >= 0.3 is 0 Å². The van der Waals surface area contributed by atoms with Gasteiger partial charge in [0.05, 0.1) is 12.9 Å². The first-order valence-electron chi connectivity index (χ1n) is 9.94. The third-order valence-corrected chi connectivity index (χ3v) is 5.24. The smallest absolute Gasteiger partial charge is 0.244 e. The maximum absolute atomic E-state index is 12.3. The molecule has 0 aliphatic carbocycles. The molecule has 158 valence electrons. The van der Waals surface area contributed by atoms with Gasteiger partial charge in [-0.15, -0.1) is 0 Å². The van der Waals surface area contributed by atoms with Crippen LogP contribution in [0.1, 0.15) is 19.4 Å². The molecule has 0 saturated carbocycles. The maximum Gasteiger partial charge on any atom is 0.244 e. The van der Waals surface area contributed by atoms with Crippen LogP contribution < -0.4 is 10.1 Å². The van der Waals surface area contributed by atoms with E-state index in [9.17, 15) is 4.79 Å². The highest BCUT2D eigenvalue weighted by Gasteiger charge is 2.15. The van der Waals surface area contributed by atoms with Crippen molar-refractivity contribution in [3.63, 3.8) is 0 Å². The van der Waals surface area contributed by atoms with Crippen molar-refractivity contribution < 1.29 is 13.9 Å². The van der Waals surface area contributed by atoms with Gasteiger partial charge in [-0.3, -0.25) is 4.79 Å². The number of nitrogens with one attached hydrogen (secondary N) is 1. The van der Waals surface area contributed by atoms with Gasteiger partial charge < -0.3 is 19.4 Å². The second-order valence-electron chi connectivity index (χ2n) is 7.36. The van der Waals surface area contributed by atoms with Crippen LogP contribution in [-0.2, 0) is 4.79 Å². The monoisotopic (exact) mass is 470 g/mol.